The molecule has 0 aliphatic carbocycles. The van der Waals surface area contributed by atoms with Crippen molar-refractivity contribution in [1.82, 2.24) is 4.98 Å². The summed E-state index contributed by atoms with van der Waals surface area (Å²) >= 11 is 5.97. The van der Waals surface area contributed by atoms with Gasteiger partial charge in [0, 0.05) is 31.1 Å². The number of carbonyl (C=O) groups excluding carboxylic acids is 1. The van der Waals surface area contributed by atoms with Crippen LogP contribution in [0, 0.1) is 0 Å². The van der Waals surface area contributed by atoms with Crippen molar-refractivity contribution >= 4 is 23.2 Å². The minimum absolute atomic E-state index is 0.00826. The number of piperidine rings is 1. The van der Waals surface area contributed by atoms with Crippen LogP contribution in [0.15, 0.2) is 12.3 Å². The molecule has 3 rings (SSSR count). The molecular formula is C13H12ClF3N2O. The molecule has 2 saturated heterocycles. The topological polar surface area (TPSA) is 33.2 Å². The Hall–Kier alpha value is -1.30. The highest BCUT2D eigenvalue weighted by atomic mass is 35.5. The van der Waals surface area contributed by atoms with Crippen molar-refractivity contribution in [2.75, 3.05) is 4.90 Å². The maximum atomic E-state index is 12.6. The van der Waals surface area contributed by atoms with E-state index >= 15 is 0 Å². The van der Waals surface area contributed by atoms with Crippen LogP contribution in [-0.2, 0) is 11.0 Å². The fourth-order valence-electron chi connectivity index (χ4n) is 3.09. The summed E-state index contributed by atoms with van der Waals surface area (Å²) < 4.78 is 37.8. The molecule has 0 spiro atoms. The van der Waals surface area contributed by atoms with Crippen molar-refractivity contribution in [3.63, 3.8) is 0 Å². The van der Waals surface area contributed by atoms with E-state index in [0.29, 0.717) is 18.7 Å². The second kappa shape index (κ2) is 4.62. The van der Waals surface area contributed by atoms with E-state index in [1.807, 2.05) is 4.90 Å². The van der Waals surface area contributed by atoms with Crippen molar-refractivity contribution in [2.24, 2.45) is 0 Å². The molecule has 0 radical (unpaired) electrons. The first-order valence-electron chi connectivity index (χ1n) is 6.39. The first-order valence-corrected chi connectivity index (χ1v) is 6.77. The molecule has 0 amide bonds. The van der Waals surface area contributed by atoms with Crippen LogP contribution in [0.2, 0.25) is 5.02 Å². The molecule has 0 aromatic carbocycles. The van der Waals surface area contributed by atoms with Crippen LogP contribution in [0.3, 0.4) is 0 Å². The quantitative estimate of drug-likeness (QED) is 0.796. The molecule has 0 N–H and O–H groups in total. The summed E-state index contributed by atoms with van der Waals surface area (Å²) in [6, 6.07) is 0.936. The van der Waals surface area contributed by atoms with Gasteiger partial charge >= 0.3 is 6.18 Å². The van der Waals surface area contributed by atoms with Gasteiger partial charge in [-0.3, -0.25) is 4.79 Å². The van der Waals surface area contributed by atoms with Gasteiger partial charge in [0.1, 0.15) is 11.6 Å². The fourth-order valence-corrected chi connectivity index (χ4v) is 3.36. The SMILES string of the molecule is O=C1CC2CCC(C1)N2c1ncc(C(F)(F)F)cc1Cl. The monoisotopic (exact) mass is 304 g/mol. The van der Waals surface area contributed by atoms with E-state index in [1.54, 1.807) is 0 Å². The molecule has 3 heterocycles. The molecule has 108 valence electrons. The van der Waals surface area contributed by atoms with E-state index in [1.165, 1.54) is 0 Å². The Balaban J connectivity index is 1.94. The van der Waals surface area contributed by atoms with Gasteiger partial charge in [-0.1, -0.05) is 11.6 Å². The lowest BCUT2D eigenvalue weighted by Gasteiger charge is -2.35. The van der Waals surface area contributed by atoms with Crippen LogP contribution < -0.4 is 4.90 Å². The zero-order chi connectivity index (χ0) is 14.5. The molecule has 1 aromatic heterocycles. The number of anilines is 1. The number of hydrogen-bond donors (Lipinski definition) is 0. The lowest BCUT2D eigenvalue weighted by molar-refractivity contribution is -0.137. The van der Waals surface area contributed by atoms with E-state index in [4.69, 9.17) is 11.6 Å². The molecule has 2 aliphatic heterocycles. The van der Waals surface area contributed by atoms with Gasteiger partial charge in [0.15, 0.2) is 0 Å². The number of ketones is 1. The van der Waals surface area contributed by atoms with E-state index in [2.05, 4.69) is 4.98 Å². The average Bonchev–Trinajstić information content (AvgIpc) is 2.61. The third-order valence-corrected chi connectivity index (χ3v) is 4.22. The van der Waals surface area contributed by atoms with Crippen molar-refractivity contribution in [3.05, 3.63) is 22.8 Å². The van der Waals surface area contributed by atoms with Crippen LogP contribution >= 0.6 is 11.6 Å². The molecule has 3 nitrogen and oxygen atoms in total. The zero-order valence-electron chi connectivity index (χ0n) is 10.5. The van der Waals surface area contributed by atoms with Gasteiger partial charge in [-0.15, -0.1) is 0 Å². The predicted molar refractivity (Wildman–Crippen MR) is 67.8 cm³/mol. The van der Waals surface area contributed by atoms with Gasteiger partial charge in [0.25, 0.3) is 0 Å². The molecule has 2 atom stereocenters. The van der Waals surface area contributed by atoms with Gasteiger partial charge < -0.3 is 4.90 Å². The second-order valence-electron chi connectivity index (χ2n) is 5.27. The number of rotatable bonds is 1. The Labute approximate surface area is 118 Å². The number of halogens is 4. The molecule has 2 aliphatic rings. The van der Waals surface area contributed by atoms with Gasteiger partial charge in [0.05, 0.1) is 10.6 Å². The van der Waals surface area contributed by atoms with Crippen LogP contribution in [0.5, 0.6) is 0 Å². The average molecular weight is 305 g/mol. The molecule has 2 bridgehead atoms. The largest absolute Gasteiger partial charge is 0.417 e. The number of Topliss-reactive ketones (excluding diaryl/α,β-unsaturated/α-hetero) is 1. The minimum atomic E-state index is -4.45. The standard InChI is InChI=1S/C13H12ClF3N2O/c14-11-3-7(13(15,16)17)6-18-12(11)19-8-1-2-9(19)5-10(20)4-8/h3,6,8-9H,1-2,4-5H2. The van der Waals surface area contributed by atoms with Crippen LogP contribution in [0.25, 0.3) is 0 Å². The summed E-state index contributed by atoms with van der Waals surface area (Å²) in [7, 11) is 0. The Morgan fingerprint density at radius 3 is 2.35 bits per heavy atom. The first-order chi connectivity index (χ1) is 9.36. The number of alkyl halides is 3. The summed E-state index contributed by atoms with van der Waals surface area (Å²) in [5.74, 6) is 0.566. The van der Waals surface area contributed by atoms with E-state index in [-0.39, 0.29) is 22.9 Å². The van der Waals surface area contributed by atoms with Crippen molar-refractivity contribution in [2.45, 2.75) is 43.9 Å². The summed E-state index contributed by atoms with van der Waals surface area (Å²) in [5, 5.41) is -0.00826. The Bertz CT molecular complexity index is 545. The number of carbonyl (C=O) groups is 1. The summed E-state index contributed by atoms with van der Waals surface area (Å²) in [4.78, 5) is 17.4. The van der Waals surface area contributed by atoms with Gasteiger partial charge in [-0.25, -0.2) is 4.98 Å². The van der Waals surface area contributed by atoms with Crippen LogP contribution in [-0.4, -0.2) is 22.9 Å². The Kier molecular flexibility index (Phi) is 3.16. The van der Waals surface area contributed by atoms with Gasteiger partial charge in [-0.05, 0) is 18.9 Å². The number of aromatic nitrogens is 1. The lowest BCUT2D eigenvalue weighted by atomic mass is 10.0. The molecule has 1 aromatic rings. The smallest absolute Gasteiger partial charge is 0.349 e. The Morgan fingerprint density at radius 1 is 1.25 bits per heavy atom. The van der Waals surface area contributed by atoms with Crippen molar-refractivity contribution in [1.29, 1.82) is 0 Å². The summed E-state index contributed by atoms with van der Waals surface area (Å²) in [6.07, 6.45) is -1.08. The van der Waals surface area contributed by atoms with Crippen LogP contribution in [0.4, 0.5) is 19.0 Å². The number of nitrogens with zero attached hydrogens (tertiary/aromatic N) is 2. The molecular weight excluding hydrogens is 293 g/mol. The van der Waals surface area contributed by atoms with Gasteiger partial charge in [-0.2, -0.15) is 13.2 Å². The lowest BCUT2D eigenvalue weighted by Crippen LogP contribution is -2.43. The maximum Gasteiger partial charge on any atom is 0.417 e. The highest BCUT2D eigenvalue weighted by Crippen LogP contribution is 2.41. The summed E-state index contributed by atoms with van der Waals surface area (Å²) in [5.41, 5.74) is -0.855. The van der Waals surface area contributed by atoms with E-state index < -0.39 is 11.7 Å². The van der Waals surface area contributed by atoms with Crippen LogP contribution in [0.1, 0.15) is 31.2 Å². The number of hydrogen-bond acceptors (Lipinski definition) is 3. The fraction of sp³-hybridized carbons (Fsp3) is 0.538. The second-order valence-corrected chi connectivity index (χ2v) is 5.67. The normalized spacial score (nSPS) is 26.2. The molecule has 20 heavy (non-hydrogen) atoms. The van der Waals surface area contributed by atoms with Gasteiger partial charge in [0.2, 0.25) is 0 Å². The van der Waals surface area contributed by atoms with E-state index in [0.717, 1.165) is 25.1 Å². The third-order valence-electron chi connectivity index (χ3n) is 3.94. The number of fused-ring (bicyclic) bond motifs is 2. The minimum Gasteiger partial charge on any atom is -0.349 e. The number of pyridine rings is 1. The molecule has 0 saturated carbocycles. The predicted octanol–water partition coefficient (Wildman–Crippen LogP) is 3.45. The van der Waals surface area contributed by atoms with Crippen molar-refractivity contribution < 1.29 is 18.0 Å². The summed E-state index contributed by atoms with van der Waals surface area (Å²) in [6.45, 7) is 0. The molecule has 2 unspecified atom stereocenters. The third kappa shape index (κ3) is 2.26. The molecule has 7 heteroatoms. The van der Waals surface area contributed by atoms with E-state index in [9.17, 15) is 18.0 Å². The molecule has 2 fully saturated rings. The first kappa shape index (κ1) is 13.7. The van der Waals surface area contributed by atoms with Crippen molar-refractivity contribution in [3.8, 4) is 0 Å². The highest BCUT2D eigenvalue weighted by molar-refractivity contribution is 6.33. The highest BCUT2D eigenvalue weighted by Gasteiger charge is 2.42. The maximum absolute atomic E-state index is 12.6. The Morgan fingerprint density at radius 2 is 1.85 bits per heavy atom. The zero-order valence-corrected chi connectivity index (χ0v) is 11.2.